The molecule has 2 aliphatic rings. The summed E-state index contributed by atoms with van der Waals surface area (Å²) in [5.74, 6) is 1.66. The minimum Gasteiger partial charge on any atom is -0.424 e. The third kappa shape index (κ3) is 1.82. The Hall–Kier alpha value is -1.71. The van der Waals surface area contributed by atoms with Gasteiger partial charge in [-0.1, -0.05) is 0 Å². The van der Waals surface area contributed by atoms with Crippen LogP contribution < -0.4 is 11.1 Å². The molecule has 0 spiro atoms. The Labute approximate surface area is 106 Å². The van der Waals surface area contributed by atoms with Crippen LogP contribution in [0, 0.1) is 11.8 Å². The Morgan fingerprint density at radius 1 is 1.22 bits per heavy atom. The van der Waals surface area contributed by atoms with Gasteiger partial charge in [-0.2, -0.15) is 4.98 Å². The molecule has 2 aromatic rings. The van der Waals surface area contributed by atoms with E-state index in [1.807, 2.05) is 18.2 Å². The van der Waals surface area contributed by atoms with Crippen molar-refractivity contribution in [1.82, 2.24) is 4.98 Å². The lowest BCUT2D eigenvalue weighted by atomic mass is 10.1. The maximum Gasteiger partial charge on any atom is 0.295 e. The molecule has 0 amide bonds. The molecule has 2 saturated carbocycles. The number of aromatic nitrogens is 1. The van der Waals surface area contributed by atoms with E-state index < -0.39 is 0 Å². The van der Waals surface area contributed by atoms with E-state index in [2.05, 4.69) is 10.3 Å². The minimum atomic E-state index is 0.565. The number of anilines is 2. The van der Waals surface area contributed by atoms with Crippen LogP contribution in [0.4, 0.5) is 11.7 Å². The molecule has 1 aromatic carbocycles. The number of oxazole rings is 1. The van der Waals surface area contributed by atoms with Crippen LogP contribution in [0.3, 0.4) is 0 Å². The molecular weight excluding hydrogens is 226 g/mol. The summed E-state index contributed by atoms with van der Waals surface area (Å²) >= 11 is 0. The maximum atomic E-state index is 5.75. The van der Waals surface area contributed by atoms with Crippen molar-refractivity contribution in [2.75, 3.05) is 11.1 Å². The molecule has 0 aliphatic heterocycles. The van der Waals surface area contributed by atoms with E-state index in [-0.39, 0.29) is 0 Å². The van der Waals surface area contributed by atoms with Crippen molar-refractivity contribution in [1.29, 1.82) is 0 Å². The molecule has 0 radical (unpaired) electrons. The molecule has 94 valence electrons. The lowest BCUT2D eigenvalue weighted by molar-refractivity contribution is 0.528. The number of nitrogens with two attached hydrogens (primary N) is 1. The lowest BCUT2D eigenvalue weighted by Crippen LogP contribution is -2.24. The first kappa shape index (κ1) is 10.2. The van der Waals surface area contributed by atoms with E-state index >= 15 is 0 Å². The Morgan fingerprint density at radius 2 is 1.94 bits per heavy atom. The summed E-state index contributed by atoms with van der Waals surface area (Å²) in [7, 11) is 0. The Morgan fingerprint density at radius 3 is 2.61 bits per heavy atom. The fraction of sp³-hybridized carbons (Fsp3) is 0.500. The average molecular weight is 243 g/mol. The molecule has 0 saturated heterocycles. The van der Waals surface area contributed by atoms with E-state index in [9.17, 15) is 0 Å². The largest absolute Gasteiger partial charge is 0.424 e. The van der Waals surface area contributed by atoms with Crippen LogP contribution in [0.1, 0.15) is 25.7 Å². The van der Waals surface area contributed by atoms with Crippen molar-refractivity contribution in [3.05, 3.63) is 18.2 Å². The Bertz CT molecular complexity index is 572. The number of rotatable bonds is 4. The smallest absolute Gasteiger partial charge is 0.295 e. The summed E-state index contributed by atoms with van der Waals surface area (Å²) in [6.07, 6.45) is 5.39. The zero-order valence-corrected chi connectivity index (χ0v) is 10.2. The van der Waals surface area contributed by atoms with E-state index in [4.69, 9.17) is 10.2 Å². The van der Waals surface area contributed by atoms with Crippen LogP contribution in [0.25, 0.3) is 11.1 Å². The number of nitrogens with one attached hydrogen (secondary N) is 1. The summed E-state index contributed by atoms with van der Waals surface area (Å²) in [6.45, 7) is 0. The molecule has 2 fully saturated rings. The first-order chi connectivity index (χ1) is 8.79. The number of fused-ring (bicyclic) bond motifs is 1. The lowest BCUT2D eigenvalue weighted by Gasteiger charge is -2.15. The molecule has 1 aromatic heterocycles. The third-order valence-electron chi connectivity index (χ3n) is 3.96. The molecular formula is C14H17N3O. The van der Waals surface area contributed by atoms with Crippen molar-refractivity contribution in [3.8, 4) is 0 Å². The molecule has 3 N–H and O–H groups in total. The molecule has 0 atom stereocenters. The average Bonchev–Trinajstić information content (AvgIpc) is 3.23. The number of nitrogens with zero attached hydrogens (tertiary/aromatic N) is 1. The number of hydrogen-bond acceptors (Lipinski definition) is 4. The van der Waals surface area contributed by atoms with Crippen molar-refractivity contribution < 1.29 is 4.42 Å². The van der Waals surface area contributed by atoms with Crippen LogP contribution >= 0.6 is 0 Å². The first-order valence-electron chi connectivity index (χ1n) is 6.72. The molecule has 4 heteroatoms. The highest BCUT2D eigenvalue weighted by Gasteiger charge is 2.42. The fourth-order valence-corrected chi connectivity index (χ4v) is 2.68. The van der Waals surface area contributed by atoms with Crippen LogP contribution in [-0.4, -0.2) is 11.0 Å². The Kier molecular flexibility index (Phi) is 2.07. The number of nitrogen functional groups attached to an aromatic ring is 1. The van der Waals surface area contributed by atoms with E-state index in [1.165, 1.54) is 25.7 Å². The van der Waals surface area contributed by atoms with Crippen molar-refractivity contribution in [2.45, 2.75) is 31.7 Å². The van der Waals surface area contributed by atoms with Gasteiger partial charge in [0, 0.05) is 11.7 Å². The fourth-order valence-electron chi connectivity index (χ4n) is 2.68. The molecule has 1 heterocycles. The topological polar surface area (TPSA) is 64.1 Å². The first-order valence-corrected chi connectivity index (χ1v) is 6.72. The predicted molar refractivity (Wildman–Crippen MR) is 71.3 cm³/mol. The van der Waals surface area contributed by atoms with Crippen LogP contribution in [-0.2, 0) is 0 Å². The summed E-state index contributed by atoms with van der Waals surface area (Å²) in [6, 6.07) is 6.80. The van der Waals surface area contributed by atoms with E-state index in [0.717, 1.165) is 28.6 Å². The van der Waals surface area contributed by atoms with Gasteiger partial charge in [-0.25, -0.2) is 0 Å². The van der Waals surface area contributed by atoms with E-state index in [1.54, 1.807) is 0 Å². The predicted octanol–water partition coefficient (Wildman–Crippen LogP) is 3.01. The van der Waals surface area contributed by atoms with E-state index in [0.29, 0.717) is 12.1 Å². The van der Waals surface area contributed by atoms with Gasteiger partial charge in [0.05, 0.1) is 0 Å². The zero-order valence-electron chi connectivity index (χ0n) is 10.2. The Balaban J connectivity index is 1.61. The summed E-state index contributed by atoms with van der Waals surface area (Å²) in [5.41, 5.74) is 8.11. The summed E-state index contributed by atoms with van der Waals surface area (Å²) in [5, 5.41) is 3.49. The number of benzene rings is 1. The molecule has 2 aliphatic carbocycles. The van der Waals surface area contributed by atoms with Gasteiger partial charge in [-0.15, -0.1) is 0 Å². The van der Waals surface area contributed by atoms with Crippen molar-refractivity contribution in [2.24, 2.45) is 11.8 Å². The summed E-state index contributed by atoms with van der Waals surface area (Å²) in [4.78, 5) is 4.48. The number of hydrogen-bond donors (Lipinski definition) is 2. The van der Waals surface area contributed by atoms with Gasteiger partial charge in [0.2, 0.25) is 0 Å². The van der Waals surface area contributed by atoms with Crippen LogP contribution in [0.2, 0.25) is 0 Å². The van der Waals surface area contributed by atoms with Gasteiger partial charge in [0.25, 0.3) is 6.01 Å². The minimum absolute atomic E-state index is 0.565. The van der Waals surface area contributed by atoms with Crippen molar-refractivity contribution >= 4 is 22.8 Å². The van der Waals surface area contributed by atoms with Gasteiger partial charge < -0.3 is 15.5 Å². The van der Waals surface area contributed by atoms with Crippen LogP contribution in [0.5, 0.6) is 0 Å². The molecule has 0 bridgehead atoms. The standard InChI is InChI=1S/C14H17N3O/c15-10-5-6-12-11(7-10)16-14(18-12)17-13(8-1-2-8)9-3-4-9/h5-9,13H,1-4,15H2,(H,16,17). The van der Waals surface area contributed by atoms with Gasteiger partial charge in [-0.05, 0) is 55.7 Å². The van der Waals surface area contributed by atoms with Gasteiger partial charge in [0.15, 0.2) is 5.58 Å². The molecule has 4 nitrogen and oxygen atoms in total. The highest BCUT2D eigenvalue weighted by Crippen LogP contribution is 2.45. The second-order valence-corrected chi connectivity index (χ2v) is 5.59. The maximum absolute atomic E-state index is 5.75. The summed E-state index contributed by atoms with van der Waals surface area (Å²) < 4.78 is 5.73. The normalized spacial score (nSPS) is 19.6. The second-order valence-electron chi connectivity index (χ2n) is 5.59. The third-order valence-corrected chi connectivity index (χ3v) is 3.96. The van der Waals surface area contributed by atoms with Gasteiger partial charge >= 0.3 is 0 Å². The molecule has 4 rings (SSSR count). The van der Waals surface area contributed by atoms with Crippen LogP contribution in [0.15, 0.2) is 22.6 Å². The second kappa shape index (κ2) is 3.64. The quantitative estimate of drug-likeness (QED) is 0.810. The SMILES string of the molecule is Nc1ccc2oc(NC(C3CC3)C3CC3)nc2c1. The zero-order chi connectivity index (χ0) is 12.1. The monoisotopic (exact) mass is 243 g/mol. The highest BCUT2D eigenvalue weighted by atomic mass is 16.4. The van der Waals surface area contributed by atoms with Gasteiger partial charge in [0.1, 0.15) is 5.52 Å². The van der Waals surface area contributed by atoms with Gasteiger partial charge in [-0.3, -0.25) is 0 Å². The molecule has 0 unspecified atom stereocenters. The molecule has 18 heavy (non-hydrogen) atoms. The van der Waals surface area contributed by atoms with Crippen molar-refractivity contribution in [3.63, 3.8) is 0 Å². The highest BCUT2D eigenvalue weighted by molar-refractivity contribution is 5.78.